The number of nitrogens with one attached hydrogen (secondary N) is 1. The molecule has 0 radical (unpaired) electrons. The van der Waals surface area contributed by atoms with E-state index in [1.165, 1.54) is 17.8 Å². The Labute approximate surface area is 147 Å². The topological polar surface area (TPSA) is 67.6 Å². The Morgan fingerprint density at radius 2 is 1.80 bits per heavy atom. The van der Waals surface area contributed by atoms with E-state index in [2.05, 4.69) is 20.2 Å². The van der Waals surface area contributed by atoms with Gasteiger partial charge in [0.1, 0.15) is 12.1 Å². The first-order valence-corrected chi connectivity index (χ1v) is 8.58. The maximum absolute atomic E-state index is 13.8. The van der Waals surface area contributed by atoms with Crippen molar-refractivity contribution < 1.29 is 8.81 Å². The Kier molecular flexibility index (Phi) is 4.30. The Morgan fingerprint density at radius 3 is 2.64 bits per heavy atom. The summed E-state index contributed by atoms with van der Waals surface area (Å²) >= 11 is 1.40. The minimum atomic E-state index is -0.334. The molecule has 0 aliphatic carbocycles. The first-order chi connectivity index (χ1) is 12.3. The van der Waals surface area contributed by atoms with E-state index in [9.17, 15) is 4.39 Å². The maximum Gasteiger partial charge on any atom is 0.226 e. The predicted octanol–water partition coefficient (Wildman–Crippen LogP) is 4.56. The molecule has 0 saturated heterocycles. The minimum absolute atomic E-state index is 0.334. The second-order valence-electron chi connectivity index (χ2n) is 5.25. The molecule has 0 fully saturated rings. The fraction of sp³-hybridized carbons (Fsp3) is 0.0556. The summed E-state index contributed by atoms with van der Waals surface area (Å²) < 4.78 is 19.3. The summed E-state index contributed by atoms with van der Waals surface area (Å²) in [4.78, 5) is 8.78. The third-order valence-electron chi connectivity index (χ3n) is 3.52. The second-order valence-corrected chi connectivity index (χ2v) is 6.19. The van der Waals surface area contributed by atoms with E-state index in [1.807, 2.05) is 30.3 Å². The van der Waals surface area contributed by atoms with Gasteiger partial charge in [-0.1, -0.05) is 42.1 Å². The first kappa shape index (κ1) is 15.6. The summed E-state index contributed by atoms with van der Waals surface area (Å²) in [5, 5.41) is 7.41. The molecule has 25 heavy (non-hydrogen) atoms. The number of oxazole rings is 1. The van der Waals surface area contributed by atoms with E-state index in [0.717, 1.165) is 11.3 Å². The molecule has 2 heterocycles. The van der Waals surface area contributed by atoms with Crippen LogP contribution in [0.2, 0.25) is 0 Å². The molecule has 2 aromatic heterocycles. The van der Waals surface area contributed by atoms with Crippen LogP contribution in [0.25, 0.3) is 22.8 Å². The average molecular weight is 352 g/mol. The predicted molar refractivity (Wildman–Crippen MR) is 93.3 cm³/mol. The highest BCUT2D eigenvalue weighted by atomic mass is 32.2. The minimum Gasteiger partial charge on any atom is -0.444 e. The molecule has 5 nitrogen and oxygen atoms in total. The van der Waals surface area contributed by atoms with Crippen LogP contribution in [0.5, 0.6) is 0 Å². The first-order valence-electron chi connectivity index (χ1n) is 7.59. The zero-order valence-electron chi connectivity index (χ0n) is 13.0. The Bertz CT molecular complexity index is 983. The Morgan fingerprint density at radius 1 is 1.00 bits per heavy atom. The Hall–Kier alpha value is -2.93. The average Bonchev–Trinajstić information content (AvgIpc) is 3.31. The number of nitrogens with zero attached hydrogens (tertiary/aromatic N) is 3. The van der Waals surface area contributed by atoms with E-state index < -0.39 is 0 Å². The van der Waals surface area contributed by atoms with Crippen LogP contribution in [0.1, 0.15) is 5.69 Å². The fourth-order valence-electron chi connectivity index (χ4n) is 2.31. The number of thioether (sulfide) groups is 1. The van der Waals surface area contributed by atoms with Gasteiger partial charge in [0.2, 0.25) is 11.0 Å². The molecule has 0 aliphatic heterocycles. The normalized spacial score (nSPS) is 10.9. The molecule has 124 valence electrons. The van der Waals surface area contributed by atoms with E-state index in [0.29, 0.717) is 28.2 Å². The van der Waals surface area contributed by atoms with E-state index in [1.54, 1.807) is 24.5 Å². The molecule has 0 amide bonds. The molecule has 1 N–H and O–H groups in total. The number of benzene rings is 2. The van der Waals surface area contributed by atoms with Crippen molar-refractivity contribution in [2.45, 2.75) is 10.9 Å². The number of hydrogen-bond donors (Lipinski definition) is 1. The molecule has 0 unspecified atom stereocenters. The number of aromatic amines is 1. The quantitative estimate of drug-likeness (QED) is 0.533. The molecule has 0 aliphatic rings. The van der Waals surface area contributed by atoms with Gasteiger partial charge in [-0.3, -0.25) is 5.10 Å². The van der Waals surface area contributed by atoms with Crippen molar-refractivity contribution in [3.05, 3.63) is 72.4 Å². The number of halogens is 1. The maximum atomic E-state index is 13.8. The molecular formula is C18H13FN4OS. The van der Waals surface area contributed by atoms with Gasteiger partial charge in [0.15, 0.2) is 5.82 Å². The Balaban J connectivity index is 1.44. The largest absolute Gasteiger partial charge is 0.444 e. The lowest BCUT2D eigenvalue weighted by molar-refractivity contribution is 0.573. The third-order valence-corrected chi connectivity index (χ3v) is 4.40. The van der Waals surface area contributed by atoms with E-state index >= 15 is 0 Å². The summed E-state index contributed by atoms with van der Waals surface area (Å²) in [6.07, 6.45) is 1.62. The van der Waals surface area contributed by atoms with Gasteiger partial charge in [-0.05, 0) is 24.3 Å². The fourth-order valence-corrected chi connectivity index (χ4v) is 2.99. The number of hydrogen-bond acceptors (Lipinski definition) is 5. The van der Waals surface area contributed by atoms with Crippen molar-refractivity contribution in [1.82, 2.24) is 20.2 Å². The van der Waals surface area contributed by atoms with Crippen molar-refractivity contribution in [2.75, 3.05) is 0 Å². The van der Waals surface area contributed by atoms with Gasteiger partial charge in [-0.2, -0.15) is 0 Å². The van der Waals surface area contributed by atoms with Gasteiger partial charge >= 0.3 is 0 Å². The van der Waals surface area contributed by atoms with Gasteiger partial charge in [0.05, 0.1) is 11.3 Å². The number of aromatic nitrogens is 4. The van der Waals surface area contributed by atoms with Crippen molar-refractivity contribution in [1.29, 1.82) is 0 Å². The van der Waals surface area contributed by atoms with Crippen LogP contribution in [-0.2, 0) is 5.75 Å². The summed E-state index contributed by atoms with van der Waals surface area (Å²) in [6.45, 7) is 0. The van der Waals surface area contributed by atoms with Crippen molar-refractivity contribution in [3.63, 3.8) is 0 Å². The lowest BCUT2D eigenvalue weighted by Crippen LogP contribution is -1.85. The zero-order valence-corrected chi connectivity index (χ0v) is 13.8. The van der Waals surface area contributed by atoms with Gasteiger partial charge < -0.3 is 4.42 Å². The van der Waals surface area contributed by atoms with E-state index in [4.69, 9.17) is 4.42 Å². The van der Waals surface area contributed by atoms with E-state index in [-0.39, 0.29) is 5.82 Å². The summed E-state index contributed by atoms with van der Waals surface area (Å²) in [6, 6.07) is 16.2. The number of rotatable bonds is 5. The molecule has 4 aromatic rings. The van der Waals surface area contributed by atoms with Gasteiger partial charge in [-0.15, -0.1) is 5.10 Å². The highest BCUT2D eigenvalue weighted by Gasteiger charge is 2.12. The molecule has 4 rings (SSSR count). The second kappa shape index (κ2) is 6.90. The highest BCUT2D eigenvalue weighted by molar-refractivity contribution is 7.98. The standard InChI is InChI=1S/C18H13FN4OS/c19-15-9-5-4-8-14(15)16-21-18(23-22-16)25-11-13-10-24-17(20-13)12-6-2-1-3-7-12/h1-10H,11H2,(H,21,22,23). The molecule has 0 atom stereocenters. The molecule has 0 spiro atoms. The van der Waals surface area contributed by atoms with Crippen LogP contribution in [0.4, 0.5) is 4.39 Å². The monoisotopic (exact) mass is 352 g/mol. The van der Waals surface area contributed by atoms with Gasteiger partial charge in [-0.25, -0.2) is 14.4 Å². The van der Waals surface area contributed by atoms with Gasteiger partial charge in [0, 0.05) is 11.3 Å². The summed E-state index contributed by atoms with van der Waals surface area (Å²) in [7, 11) is 0. The van der Waals surface area contributed by atoms with Crippen LogP contribution in [0.15, 0.2) is 70.4 Å². The molecule has 2 aromatic carbocycles. The van der Waals surface area contributed by atoms with Crippen molar-refractivity contribution in [3.8, 4) is 22.8 Å². The molecular weight excluding hydrogens is 339 g/mol. The van der Waals surface area contributed by atoms with Gasteiger partial charge in [0.25, 0.3) is 0 Å². The summed E-state index contributed by atoms with van der Waals surface area (Å²) in [5.41, 5.74) is 2.12. The smallest absolute Gasteiger partial charge is 0.226 e. The van der Waals surface area contributed by atoms with Crippen molar-refractivity contribution in [2.24, 2.45) is 0 Å². The highest BCUT2D eigenvalue weighted by Crippen LogP contribution is 2.25. The summed E-state index contributed by atoms with van der Waals surface area (Å²) in [5.74, 6) is 1.22. The van der Waals surface area contributed by atoms with Crippen LogP contribution in [-0.4, -0.2) is 20.2 Å². The molecule has 7 heteroatoms. The van der Waals surface area contributed by atoms with Crippen LogP contribution >= 0.6 is 11.8 Å². The molecule has 0 bridgehead atoms. The number of H-pyrrole nitrogens is 1. The van der Waals surface area contributed by atoms with Crippen LogP contribution in [0.3, 0.4) is 0 Å². The lowest BCUT2D eigenvalue weighted by atomic mass is 10.2. The SMILES string of the molecule is Fc1ccccc1-c1nc(SCc2coc(-c3ccccc3)n2)n[nH]1. The lowest BCUT2D eigenvalue weighted by Gasteiger charge is -1.96. The van der Waals surface area contributed by atoms with Crippen molar-refractivity contribution >= 4 is 11.8 Å². The van der Waals surface area contributed by atoms with Crippen LogP contribution in [0, 0.1) is 5.82 Å². The van der Waals surface area contributed by atoms with Crippen LogP contribution < -0.4 is 0 Å². The molecule has 0 saturated carbocycles. The zero-order chi connectivity index (χ0) is 17.1. The third kappa shape index (κ3) is 3.46.